The molecule has 0 atom stereocenters. The summed E-state index contributed by atoms with van der Waals surface area (Å²) in [5.74, 6) is 0.926. The number of nitrogens with one attached hydrogen (secondary N) is 1. The van der Waals surface area contributed by atoms with Crippen molar-refractivity contribution in [2.45, 2.75) is 13.8 Å². The van der Waals surface area contributed by atoms with E-state index in [0.29, 0.717) is 0 Å². The predicted octanol–water partition coefficient (Wildman–Crippen LogP) is 3.91. The first kappa shape index (κ1) is 12.7. The molecule has 0 aliphatic carbocycles. The van der Waals surface area contributed by atoms with Crippen LogP contribution >= 0.6 is 0 Å². The Bertz CT molecular complexity index is 713. The number of H-pyrrole nitrogens is 1. The molecule has 0 fully saturated rings. The Morgan fingerprint density at radius 1 is 0.950 bits per heavy atom. The van der Waals surface area contributed by atoms with Crippen molar-refractivity contribution in [1.82, 2.24) is 9.97 Å². The molecule has 0 unspecified atom stereocenters. The Kier molecular flexibility index (Phi) is 2.97. The maximum Gasteiger partial charge on any atom is 0.138 e. The monoisotopic (exact) mass is 265 g/mol. The average Bonchev–Trinajstić information content (AvgIpc) is 2.82. The fourth-order valence-corrected chi connectivity index (χ4v) is 2.32. The molecule has 3 nitrogen and oxygen atoms in total. The van der Waals surface area contributed by atoms with E-state index in [1.807, 2.05) is 14.1 Å². The first-order valence-corrected chi connectivity index (χ1v) is 6.79. The lowest BCUT2D eigenvalue weighted by molar-refractivity contribution is 1.13. The molecule has 1 aromatic heterocycles. The molecule has 2 aromatic carbocycles. The van der Waals surface area contributed by atoms with Crippen molar-refractivity contribution < 1.29 is 0 Å². The number of benzene rings is 2. The molecule has 0 aliphatic rings. The Morgan fingerprint density at radius 3 is 2.25 bits per heavy atom. The molecule has 0 bridgehead atoms. The minimum atomic E-state index is 0.926. The summed E-state index contributed by atoms with van der Waals surface area (Å²) in [7, 11) is 4.09. The highest BCUT2D eigenvalue weighted by molar-refractivity contribution is 5.81. The summed E-state index contributed by atoms with van der Waals surface area (Å²) in [6, 6.07) is 12.7. The molecular formula is C17H19N3. The highest BCUT2D eigenvalue weighted by Gasteiger charge is 2.07. The molecular weight excluding hydrogens is 246 g/mol. The standard InChI is InChI=1S/C17H19N3/c1-11-9-15-16(10-12(11)2)19-17(18-15)13-5-7-14(8-6-13)20(3)4/h5-10H,1-4H3,(H,18,19). The van der Waals surface area contributed by atoms with Crippen molar-refractivity contribution in [3.8, 4) is 11.4 Å². The third-order valence-electron chi connectivity index (χ3n) is 3.75. The molecule has 1 heterocycles. The average molecular weight is 265 g/mol. The van der Waals surface area contributed by atoms with Gasteiger partial charge < -0.3 is 9.88 Å². The molecule has 0 aliphatic heterocycles. The molecule has 0 saturated heterocycles. The van der Waals surface area contributed by atoms with Crippen molar-refractivity contribution in [2.24, 2.45) is 0 Å². The molecule has 102 valence electrons. The second-order valence-corrected chi connectivity index (χ2v) is 5.48. The van der Waals surface area contributed by atoms with E-state index in [0.717, 1.165) is 22.4 Å². The van der Waals surface area contributed by atoms with Gasteiger partial charge in [-0.15, -0.1) is 0 Å². The van der Waals surface area contributed by atoms with E-state index < -0.39 is 0 Å². The van der Waals surface area contributed by atoms with Gasteiger partial charge in [-0.2, -0.15) is 0 Å². The number of nitrogens with zero attached hydrogens (tertiary/aromatic N) is 2. The van der Waals surface area contributed by atoms with Gasteiger partial charge in [-0.3, -0.25) is 0 Å². The van der Waals surface area contributed by atoms with Gasteiger partial charge in [-0.05, 0) is 61.4 Å². The third kappa shape index (κ3) is 2.16. The summed E-state index contributed by atoms with van der Waals surface area (Å²) in [5, 5.41) is 0. The highest BCUT2D eigenvalue weighted by Crippen LogP contribution is 2.24. The first-order chi connectivity index (χ1) is 9.54. The molecule has 3 aromatic rings. The van der Waals surface area contributed by atoms with Gasteiger partial charge in [0.2, 0.25) is 0 Å². The number of aromatic nitrogens is 2. The Hall–Kier alpha value is -2.29. The van der Waals surface area contributed by atoms with Gasteiger partial charge in [-0.25, -0.2) is 4.98 Å². The fourth-order valence-electron chi connectivity index (χ4n) is 2.32. The van der Waals surface area contributed by atoms with Crippen molar-refractivity contribution in [3.05, 3.63) is 47.5 Å². The largest absolute Gasteiger partial charge is 0.378 e. The van der Waals surface area contributed by atoms with Crippen LogP contribution in [0.1, 0.15) is 11.1 Å². The Labute approximate surface area is 119 Å². The van der Waals surface area contributed by atoms with E-state index in [9.17, 15) is 0 Å². The summed E-state index contributed by atoms with van der Waals surface area (Å²) in [5.41, 5.74) is 6.99. The molecule has 0 amide bonds. The third-order valence-corrected chi connectivity index (χ3v) is 3.75. The van der Waals surface area contributed by atoms with Gasteiger partial charge >= 0.3 is 0 Å². The number of aryl methyl sites for hydroxylation is 2. The minimum absolute atomic E-state index is 0.926. The van der Waals surface area contributed by atoms with E-state index in [4.69, 9.17) is 4.98 Å². The van der Waals surface area contributed by atoms with Crippen LogP contribution in [0.15, 0.2) is 36.4 Å². The quantitative estimate of drug-likeness (QED) is 0.761. The maximum atomic E-state index is 4.69. The smallest absolute Gasteiger partial charge is 0.138 e. The zero-order valence-electron chi connectivity index (χ0n) is 12.4. The first-order valence-electron chi connectivity index (χ1n) is 6.79. The van der Waals surface area contributed by atoms with Crippen LogP contribution in [0.25, 0.3) is 22.4 Å². The Balaban J connectivity index is 2.05. The van der Waals surface area contributed by atoms with Gasteiger partial charge in [-0.1, -0.05) is 0 Å². The molecule has 0 spiro atoms. The van der Waals surface area contributed by atoms with Crippen LogP contribution in [0.3, 0.4) is 0 Å². The summed E-state index contributed by atoms with van der Waals surface area (Å²) in [6.07, 6.45) is 0. The molecule has 3 heteroatoms. The van der Waals surface area contributed by atoms with Crippen LogP contribution in [0.2, 0.25) is 0 Å². The number of rotatable bonds is 2. The van der Waals surface area contributed by atoms with E-state index in [2.05, 4.69) is 60.1 Å². The second kappa shape index (κ2) is 4.67. The summed E-state index contributed by atoms with van der Waals surface area (Å²) >= 11 is 0. The highest BCUT2D eigenvalue weighted by atomic mass is 15.1. The van der Waals surface area contributed by atoms with Crippen LogP contribution in [0, 0.1) is 13.8 Å². The lowest BCUT2D eigenvalue weighted by Crippen LogP contribution is -2.07. The zero-order valence-corrected chi connectivity index (χ0v) is 12.4. The van der Waals surface area contributed by atoms with Gasteiger partial charge in [0.15, 0.2) is 0 Å². The van der Waals surface area contributed by atoms with Crippen molar-refractivity contribution >= 4 is 16.7 Å². The van der Waals surface area contributed by atoms with Crippen LogP contribution in [-0.4, -0.2) is 24.1 Å². The minimum Gasteiger partial charge on any atom is -0.378 e. The number of hydrogen-bond acceptors (Lipinski definition) is 2. The maximum absolute atomic E-state index is 4.69. The van der Waals surface area contributed by atoms with Crippen molar-refractivity contribution in [1.29, 1.82) is 0 Å². The summed E-state index contributed by atoms with van der Waals surface area (Å²) in [6.45, 7) is 4.25. The van der Waals surface area contributed by atoms with Crippen molar-refractivity contribution in [2.75, 3.05) is 19.0 Å². The number of imidazole rings is 1. The SMILES string of the molecule is Cc1cc2nc(-c3ccc(N(C)C)cc3)[nH]c2cc1C. The van der Waals surface area contributed by atoms with E-state index in [1.54, 1.807) is 0 Å². The van der Waals surface area contributed by atoms with Crippen LogP contribution in [0.5, 0.6) is 0 Å². The van der Waals surface area contributed by atoms with Crippen LogP contribution in [-0.2, 0) is 0 Å². The Morgan fingerprint density at radius 2 is 1.60 bits per heavy atom. The lowest BCUT2D eigenvalue weighted by Gasteiger charge is -2.11. The van der Waals surface area contributed by atoms with Crippen molar-refractivity contribution in [3.63, 3.8) is 0 Å². The van der Waals surface area contributed by atoms with Gasteiger partial charge in [0.05, 0.1) is 11.0 Å². The molecule has 3 rings (SSSR count). The van der Waals surface area contributed by atoms with E-state index >= 15 is 0 Å². The normalized spacial score (nSPS) is 11.0. The second-order valence-electron chi connectivity index (χ2n) is 5.48. The van der Waals surface area contributed by atoms with Gasteiger partial charge in [0.25, 0.3) is 0 Å². The van der Waals surface area contributed by atoms with E-state index in [-0.39, 0.29) is 0 Å². The molecule has 1 N–H and O–H groups in total. The van der Waals surface area contributed by atoms with Crippen LogP contribution < -0.4 is 4.90 Å². The number of hydrogen-bond donors (Lipinski definition) is 1. The van der Waals surface area contributed by atoms with Gasteiger partial charge in [0, 0.05) is 25.3 Å². The number of aromatic amines is 1. The zero-order chi connectivity index (χ0) is 14.3. The molecule has 0 saturated carbocycles. The number of anilines is 1. The topological polar surface area (TPSA) is 31.9 Å². The molecule has 0 radical (unpaired) electrons. The fraction of sp³-hybridized carbons (Fsp3) is 0.235. The predicted molar refractivity (Wildman–Crippen MR) is 85.3 cm³/mol. The summed E-state index contributed by atoms with van der Waals surface area (Å²) in [4.78, 5) is 10.2. The lowest BCUT2D eigenvalue weighted by atomic mass is 10.1. The number of fused-ring (bicyclic) bond motifs is 1. The van der Waals surface area contributed by atoms with Crippen LogP contribution in [0.4, 0.5) is 5.69 Å². The van der Waals surface area contributed by atoms with Gasteiger partial charge in [0.1, 0.15) is 5.82 Å². The summed E-state index contributed by atoms with van der Waals surface area (Å²) < 4.78 is 0. The van der Waals surface area contributed by atoms with E-state index in [1.165, 1.54) is 16.8 Å². The molecule has 20 heavy (non-hydrogen) atoms.